The Labute approximate surface area is 166 Å². The van der Waals surface area contributed by atoms with Gasteiger partial charge in [0.25, 0.3) is 5.91 Å². The van der Waals surface area contributed by atoms with Crippen LogP contribution in [0.4, 0.5) is 0 Å². The largest absolute Gasteiger partial charge is 0.504 e. The molecule has 0 unspecified atom stereocenters. The van der Waals surface area contributed by atoms with Gasteiger partial charge in [0.15, 0.2) is 17.3 Å². The van der Waals surface area contributed by atoms with Crippen molar-refractivity contribution in [3.8, 4) is 23.0 Å². The first-order chi connectivity index (χ1) is 14.2. The number of furan rings is 1. The topological polar surface area (TPSA) is 97.0 Å². The molecule has 0 saturated carbocycles. The van der Waals surface area contributed by atoms with Crippen LogP contribution in [0.2, 0.25) is 0 Å². The number of aromatic hydroxyl groups is 1. The number of carbonyl (C=O) groups is 1. The third kappa shape index (κ3) is 3.66. The van der Waals surface area contributed by atoms with Crippen molar-refractivity contribution in [1.82, 2.24) is 10.4 Å². The molecule has 0 aliphatic heterocycles. The summed E-state index contributed by atoms with van der Waals surface area (Å²) < 4.78 is 10.5. The van der Waals surface area contributed by atoms with Gasteiger partial charge in [-0.1, -0.05) is 24.3 Å². The maximum Gasteiger partial charge on any atom is 0.272 e. The van der Waals surface area contributed by atoms with E-state index in [0.717, 1.165) is 0 Å². The highest BCUT2D eigenvalue weighted by molar-refractivity contribution is 6.07. The molecule has 2 heterocycles. The van der Waals surface area contributed by atoms with Gasteiger partial charge in [-0.15, -0.1) is 0 Å². The van der Waals surface area contributed by atoms with Gasteiger partial charge in [0.05, 0.1) is 30.7 Å². The van der Waals surface area contributed by atoms with Gasteiger partial charge in [-0.25, -0.2) is 10.4 Å². The number of rotatable bonds is 5. The van der Waals surface area contributed by atoms with E-state index in [1.54, 1.807) is 42.7 Å². The molecule has 144 valence electrons. The summed E-state index contributed by atoms with van der Waals surface area (Å²) in [5.41, 5.74) is 4.54. The second-order valence-electron chi connectivity index (χ2n) is 6.15. The monoisotopic (exact) mass is 387 g/mol. The number of aromatic nitrogens is 1. The van der Waals surface area contributed by atoms with Crippen LogP contribution in [-0.2, 0) is 0 Å². The molecule has 1 amide bonds. The highest BCUT2D eigenvalue weighted by atomic mass is 16.5. The van der Waals surface area contributed by atoms with Crippen LogP contribution in [0.5, 0.6) is 11.5 Å². The number of amides is 1. The van der Waals surface area contributed by atoms with Gasteiger partial charge in [-0.05, 0) is 36.4 Å². The van der Waals surface area contributed by atoms with Crippen molar-refractivity contribution < 1.29 is 19.1 Å². The Morgan fingerprint density at radius 1 is 1.17 bits per heavy atom. The summed E-state index contributed by atoms with van der Waals surface area (Å²) in [7, 11) is 1.46. The van der Waals surface area contributed by atoms with Crippen LogP contribution in [0.15, 0.2) is 76.4 Å². The summed E-state index contributed by atoms with van der Waals surface area (Å²) in [6.45, 7) is 0. The Morgan fingerprint density at radius 3 is 2.83 bits per heavy atom. The zero-order chi connectivity index (χ0) is 20.2. The van der Waals surface area contributed by atoms with Crippen LogP contribution in [0.1, 0.15) is 15.9 Å². The van der Waals surface area contributed by atoms with Crippen LogP contribution >= 0.6 is 0 Å². The minimum Gasteiger partial charge on any atom is -0.504 e. The van der Waals surface area contributed by atoms with E-state index < -0.39 is 5.91 Å². The normalized spacial score (nSPS) is 11.1. The number of para-hydroxylation sites is 2. The third-order valence-corrected chi connectivity index (χ3v) is 4.35. The number of fused-ring (bicyclic) bond motifs is 1. The first-order valence-electron chi connectivity index (χ1n) is 8.80. The Balaban J connectivity index is 1.65. The van der Waals surface area contributed by atoms with E-state index >= 15 is 0 Å². The number of phenols is 1. The van der Waals surface area contributed by atoms with Crippen molar-refractivity contribution >= 4 is 23.0 Å². The molecule has 0 aliphatic rings. The average molecular weight is 387 g/mol. The molecule has 0 atom stereocenters. The Morgan fingerprint density at radius 2 is 2.03 bits per heavy atom. The van der Waals surface area contributed by atoms with Crippen molar-refractivity contribution in [3.05, 3.63) is 78.1 Å². The molecule has 0 bridgehead atoms. The molecule has 0 spiro atoms. The van der Waals surface area contributed by atoms with E-state index in [1.165, 1.54) is 13.3 Å². The summed E-state index contributed by atoms with van der Waals surface area (Å²) in [5, 5.41) is 14.8. The molecule has 2 N–H and O–H groups in total. The lowest BCUT2D eigenvalue weighted by molar-refractivity contribution is 0.0956. The summed E-state index contributed by atoms with van der Waals surface area (Å²) in [6, 6.07) is 17.5. The summed E-state index contributed by atoms with van der Waals surface area (Å²) in [6.07, 6.45) is 2.91. The quantitative estimate of drug-likeness (QED) is 0.399. The number of nitrogens with one attached hydrogen (secondary N) is 1. The Kier molecular flexibility index (Phi) is 4.94. The molecule has 7 heteroatoms. The highest BCUT2D eigenvalue weighted by Gasteiger charge is 2.14. The van der Waals surface area contributed by atoms with Gasteiger partial charge in [0.2, 0.25) is 0 Å². The smallest absolute Gasteiger partial charge is 0.272 e. The third-order valence-electron chi connectivity index (χ3n) is 4.35. The van der Waals surface area contributed by atoms with Crippen molar-refractivity contribution in [1.29, 1.82) is 0 Å². The molecular weight excluding hydrogens is 370 g/mol. The SMILES string of the molecule is COc1cccc(/C=N/NC(=O)c2cc(-c3ccco3)nc3ccccc23)c1O. The zero-order valence-electron chi connectivity index (χ0n) is 15.5. The fourth-order valence-electron chi connectivity index (χ4n) is 2.94. The van der Waals surface area contributed by atoms with E-state index in [0.29, 0.717) is 39.2 Å². The minimum atomic E-state index is -0.407. The number of hydrazone groups is 1. The molecule has 2 aromatic carbocycles. The number of ether oxygens (including phenoxy) is 1. The van der Waals surface area contributed by atoms with Crippen LogP contribution in [0.3, 0.4) is 0 Å². The van der Waals surface area contributed by atoms with E-state index in [2.05, 4.69) is 15.5 Å². The van der Waals surface area contributed by atoms with E-state index in [1.807, 2.05) is 24.3 Å². The molecule has 0 radical (unpaired) electrons. The molecule has 2 aromatic heterocycles. The maximum atomic E-state index is 12.8. The van der Waals surface area contributed by atoms with Gasteiger partial charge in [-0.2, -0.15) is 5.10 Å². The number of benzene rings is 2. The number of nitrogens with zero attached hydrogens (tertiary/aromatic N) is 2. The Hall–Kier alpha value is -4.13. The number of hydrogen-bond donors (Lipinski definition) is 2. The molecule has 0 fully saturated rings. The lowest BCUT2D eigenvalue weighted by Crippen LogP contribution is -2.18. The minimum absolute atomic E-state index is 0.0533. The fraction of sp³-hybridized carbons (Fsp3) is 0.0455. The van der Waals surface area contributed by atoms with Crippen LogP contribution < -0.4 is 10.2 Å². The summed E-state index contributed by atoms with van der Waals surface area (Å²) in [4.78, 5) is 17.4. The second-order valence-corrected chi connectivity index (χ2v) is 6.15. The molecule has 7 nitrogen and oxygen atoms in total. The number of pyridine rings is 1. The van der Waals surface area contributed by atoms with E-state index in [4.69, 9.17) is 9.15 Å². The molecule has 29 heavy (non-hydrogen) atoms. The zero-order valence-corrected chi connectivity index (χ0v) is 15.5. The summed E-state index contributed by atoms with van der Waals surface area (Å²) >= 11 is 0. The van der Waals surface area contributed by atoms with E-state index in [9.17, 15) is 9.90 Å². The van der Waals surface area contributed by atoms with Gasteiger partial charge >= 0.3 is 0 Å². The second kappa shape index (κ2) is 7.85. The van der Waals surface area contributed by atoms with Crippen molar-refractivity contribution in [3.63, 3.8) is 0 Å². The highest BCUT2D eigenvalue weighted by Crippen LogP contribution is 2.28. The number of phenolic OH excluding ortho intramolecular Hbond substituents is 1. The van der Waals surface area contributed by atoms with Gasteiger partial charge in [0.1, 0.15) is 5.69 Å². The van der Waals surface area contributed by atoms with Gasteiger partial charge in [0, 0.05) is 10.9 Å². The van der Waals surface area contributed by atoms with Crippen LogP contribution in [0, 0.1) is 0 Å². The predicted molar refractivity (Wildman–Crippen MR) is 109 cm³/mol. The Bertz CT molecular complexity index is 1200. The number of methoxy groups -OCH3 is 1. The fourth-order valence-corrected chi connectivity index (χ4v) is 2.94. The van der Waals surface area contributed by atoms with Gasteiger partial charge in [-0.3, -0.25) is 4.79 Å². The van der Waals surface area contributed by atoms with Gasteiger partial charge < -0.3 is 14.3 Å². The standard InChI is InChI=1S/C22H17N3O4/c1-28-20-9-4-6-14(21(20)26)13-23-25-22(27)16-12-18(19-10-5-11-29-19)24-17-8-3-2-7-15(16)17/h2-13,26H,1H3,(H,25,27)/b23-13+. The van der Waals surface area contributed by atoms with Crippen molar-refractivity contribution in [2.75, 3.05) is 7.11 Å². The van der Waals surface area contributed by atoms with Crippen molar-refractivity contribution in [2.24, 2.45) is 5.10 Å². The molecular formula is C22H17N3O4. The van der Waals surface area contributed by atoms with Crippen LogP contribution in [0.25, 0.3) is 22.4 Å². The molecule has 0 saturated heterocycles. The molecule has 0 aliphatic carbocycles. The number of hydrogen-bond acceptors (Lipinski definition) is 6. The summed E-state index contributed by atoms with van der Waals surface area (Å²) in [5.74, 6) is 0.426. The lowest BCUT2D eigenvalue weighted by atomic mass is 10.1. The molecule has 4 rings (SSSR count). The van der Waals surface area contributed by atoms with Crippen molar-refractivity contribution in [2.45, 2.75) is 0 Å². The molecule has 4 aromatic rings. The predicted octanol–water partition coefficient (Wildman–Crippen LogP) is 3.97. The van der Waals surface area contributed by atoms with E-state index in [-0.39, 0.29) is 5.75 Å². The lowest BCUT2D eigenvalue weighted by Gasteiger charge is -2.08. The maximum absolute atomic E-state index is 12.8. The first kappa shape index (κ1) is 18.2. The van der Waals surface area contributed by atoms with Crippen LogP contribution in [-0.4, -0.2) is 29.3 Å². The average Bonchev–Trinajstić information content (AvgIpc) is 3.29. The number of carbonyl (C=O) groups excluding carboxylic acids is 1. The first-order valence-corrected chi connectivity index (χ1v) is 8.80.